The maximum Gasteiger partial charge on any atom is 0.193 e. The van der Waals surface area contributed by atoms with E-state index in [1.807, 2.05) is 25.5 Å². The lowest BCUT2D eigenvalue weighted by Crippen LogP contribution is -2.40. The molecule has 4 nitrogen and oxygen atoms in total. The van der Waals surface area contributed by atoms with Crippen LogP contribution in [-0.4, -0.2) is 43.0 Å². The molecule has 0 fully saturated rings. The smallest absolute Gasteiger partial charge is 0.193 e. The maximum atomic E-state index is 4.31. The highest BCUT2D eigenvalue weighted by molar-refractivity contribution is 14.0. The number of nitrogens with zero attached hydrogens (tertiary/aromatic N) is 3. The van der Waals surface area contributed by atoms with E-state index < -0.39 is 0 Å². The average molecular weight is 402 g/mol. The highest BCUT2D eigenvalue weighted by atomic mass is 127. The third-order valence-corrected chi connectivity index (χ3v) is 3.29. The zero-order valence-corrected chi connectivity index (χ0v) is 15.6. The van der Waals surface area contributed by atoms with Crippen LogP contribution in [0.5, 0.6) is 0 Å². The van der Waals surface area contributed by atoms with Crippen molar-refractivity contribution in [2.75, 3.05) is 27.2 Å². The fraction of sp³-hybridized carbons (Fsp3) is 0.500. The third kappa shape index (κ3) is 7.45. The molecule has 5 heteroatoms. The number of allylic oxidation sites excluding steroid dienone is 1. The number of hydrogen-bond donors (Lipinski definition) is 1. The van der Waals surface area contributed by atoms with Crippen LogP contribution in [0.25, 0.3) is 0 Å². The molecule has 0 radical (unpaired) electrons. The molecule has 1 aromatic rings. The zero-order chi connectivity index (χ0) is 14.8. The van der Waals surface area contributed by atoms with Gasteiger partial charge in [-0.15, -0.1) is 30.6 Å². The predicted octanol–water partition coefficient (Wildman–Crippen LogP) is 3.02. The number of unbranched alkanes of at least 4 members (excludes halogenated alkanes) is 1. The summed E-state index contributed by atoms with van der Waals surface area (Å²) < 4.78 is 0. The minimum atomic E-state index is 0. The molecule has 0 bridgehead atoms. The van der Waals surface area contributed by atoms with Crippen LogP contribution < -0.4 is 5.32 Å². The number of hydrogen-bond acceptors (Lipinski definition) is 2. The molecule has 0 unspecified atom stereocenters. The molecule has 0 amide bonds. The Hall–Kier alpha value is -1.11. The molecule has 0 spiro atoms. The second-order valence-electron chi connectivity index (χ2n) is 4.88. The normalized spacial score (nSPS) is 10.7. The molecule has 1 rings (SSSR count). The Kier molecular flexibility index (Phi) is 10.9. The van der Waals surface area contributed by atoms with Crippen LogP contribution in [0.2, 0.25) is 0 Å². The van der Waals surface area contributed by atoms with Gasteiger partial charge in [-0.1, -0.05) is 6.08 Å². The van der Waals surface area contributed by atoms with E-state index in [0.717, 1.165) is 38.3 Å². The largest absolute Gasteiger partial charge is 0.356 e. The van der Waals surface area contributed by atoms with Gasteiger partial charge in [0.2, 0.25) is 0 Å². The Morgan fingerprint density at radius 1 is 1.52 bits per heavy atom. The average Bonchev–Trinajstić information content (AvgIpc) is 2.45. The monoisotopic (exact) mass is 402 g/mol. The van der Waals surface area contributed by atoms with Crippen LogP contribution in [0.4, 0.5) is 0 Å². The van der Waals surface area contributed by atoms with Gasteiger partial charge in [-0.2, -0.15) is 0 Å². The summed E-state index contributed by atoms with van der Waals surface area (Å²) in [5.41, 5.74) is 2.57. The Morgan fingerprint density at radius 2 is 2.29 bits per heavy atom. The quantitative estimate of drug-likeness (QED) is 0.251. The molecule has 1 aromatic heterocycles. The number of nitrogens with one attached hydrogen (secondary N) is 1. The number of aromatic nitrogens is 1. The van der Waals surface area contributed by atoms with Gasteiger partial charge in [-0.25, -0.2) is 0 Å². The lowest BCUT2D eigenvalue weighted by Gasteiger charge is -2.22. The molecule has 0 aromatic carbocycles. The lowest BCUT2D eigenvalue weighted by atomic mass is 10.1. The first kappa shape index (κ1) is 19.9. The summed E-state index contributed by atoms with van der Waals surface area (Å²) in [6, 6.07) is 2.08. The second-order valence-corrected chi connectivity index (χ2v) is 4.88. The van der Waals surface area contributed by atoms with Crippen LogP contribution in [0.1, 0.15) is 24.0 Å². The Labute approximate surface area is 145 Å². The molecule has 1 N–H and O–H groups in total. The van der Waals surface area contributed by atoms with Gasteiger partial charge in [-0.3, -0.25) is 9.98 Å². The van der Waals surface area contributed by atoms with Crippen molar-refractivity contribution < 1.29 is 0 Å². The standard InChI is InChI=1S/C16H26N4.HI/c1-5-6-7-12-20(4)16(17-3)19-11-9-15-8-10-18-13-14(15)2;/h5,8,10,13H,1,6-7,9,11-12H2,2-4H3,(H,17,19);1H. The molecule has 1 heterocycles. The molecule has 0 atom stereocenters. The SMILES string of the molecule is C=CCCCN(C)C(=NC)NCCc1ccncc1C.I. The van der Waals surface area contributed by atoms with E-state index in [-0.39, 0.29) is 24.0 Å². The molecule has 0 saturated carbocycles. The number of guanidine groups is 1. The molecule has 0 aliphatic rings. The van der Waals surface area contributed by atoms with E-state index >= 15 is 0 Å². The first-order valence-electron chi connectivity index (χ1n) is 7.11. The number of pyridine rings is 1. The molecule has 0 saturated heterocycles. The Balaban J connectivity index is 0.00000400. The van der Waals surface area contributed by atoms with Gasteiger partial charge in [0.15, 0.2) is 5.96 Å². The van der Waals surface area contributed by atoms with Crippen molar-refractivity contribution in [1.82, 2.24) is 15.2 Å². The predicted molar refractivity (Wildman–Crippen MR) is 102 cm³/mol. The van der Waals surface area contributed by atoms with E-state index in [2.05, 4.69) is 46.8 Å². The summed E-state index contributed by atoms with van der Waals surface area (Å²) in [4.78, 5) is 10.6. The fourth-order valence-corrected chi connectivity index (χ4v) is 2.06. The minimum Gasteiger partial charge on any atom is -0.356 e. The van der Waals surface area contributed by atoms with Crippen LogP contribution in [0.15, 0.2) is 36.1 Å². The molecular weight excluding hydrogens is 375 g/mol. The maximum absolute atomic E-state index is 4.31. The molecular formula is C16H27IN4. The third-order valence-electron chi connectivity index (χ3n) is 3.29. The van der Waals surface area contributed by atoms with Crippen LogP contribution in [0, 0.1) is 6.92 Å². The van der Waals surface area contributed by atoms with Gasteiger partial charge >= 0.3 is 0 Å². The van der Waals surface area contributed by atoms with Crippen molar-refractivity contribution in [2.24, 2.45) is 4.99 Å². The molecule has 0 aliphatic carbocycles. The van der Waals surface area contributed by atoms with E-state index in [1.165, 1.54) is 11.1 Å². The van der Waals surface area contributed by atoms with Crippen molar-refractivity contribution in [3.05, 3.63) is 42.2 Å². The summed E-state index contributed by atoms with van der Waals surface area (Å²) in [5.74, 6) is 0.945. The van der Waals surface area contributed by atoms with Crippen LogP contribution >= 0.6 is 24.0 Å². The molecule has 0 aliphatic heterocycles. The second kappa shape index (κ2) is 11.5. The molecule has 21 heavy (non-hydrogen) atoms. The number of rotatable bonds is 7. The van der Waals surface area contributed by atoms with Gasteiger partial charge in [0.05, 0.1) is 0 Å². The van der Waals surface area contributed by atoms with Gasteiger partial charge in [0.1, 0.15) is 0 Å². The first-order valence-corrected chi connectivity index (χ1v) is 7.11. The minimum absolute atomic E-state index is 0. The number of halogens is 1. The number of aryl methyl sites for hydroxylation is 1. The van der Waals surface area contributed by atoms with Gasteiger partial charge in [0.25, 0.3) is 0 Å². The number of aliphatic imine (C=N–C) groups is 1. The van der Waals surface area contributed by atoms with Crippen LogP contribution in [0.3, 0.4) is 0 Å². The zero-order valence-electron chi connectivity index (χ0n) is 13.3. The van der Waals surface area contributed by atoms with Crippen molar-refractivity contribution in [3.63, 3.8) is 0 Å². The first-order chi connectivity index (χ1) is 9.69. The van der Waals surface area contributed by atoms with E-state index in [4.69, 9.17) is 0 Å². The van der Waals surface area contributed by atoms with Crippen molar-refractivity contribution >= 4 is 29.9 Å². The highest BCUT2D eigenvalue weighted by Crippen LogP contribution is 2.05. The Bertz CT molecular complexity index is 446. The lowest BCUT2D eigenvalue weighted by molar-refractivity contribution is 0.470. The van der Waals surface area contributed by atoms with E-state index in [1.54, 1.807) is 0 Å². The van der Waals surface area contributed by atoms with Gasteiger partial charge in [-0.05, 0) is 43.4 Å². The van der Waals surface area contributed by atoms with Crippen molar-refractivity contribution in [2.45, 2.75) is 26.2 Å². The summed E-state index contributed by atoms with van der Waals surface area (Å²) in [7, 11) is 3.89. The molecule has 118 valence electrons. The van der Waals surface area contributed by atoms with Crippen LogP contribution in [-0.2, 0) is 6.42 Å². The summed E-state index contributed by atoms with van der Waals surface area (Å²) in [6.45, 7) is 7.70. The van der Waals surface area contributed by atoms with Gasteiger partial charge in [0, 0.05) is 39.6 Å². The fourth-order valence-electron chi connectivity index (χ4n) is 2.06. The van der Waals surface area contributed by atoms with Crippen molar-refractivity contribution in [3.8, 4) is 0 Å². The Morgan fingerprint density at radius 3 is 2.90 bits per heavy atom. The topological polar surface area (TPSA) is 40.5 Å². The summed E-state index contributed by atoms with van der Waals surface area (Å²) in [5, 5.41) is 3.40. The van der Waals surface area contributed by atoms with Gasteiger partial charge < -0.3 is 10.2 Å². The summed E-state index contributed by atoms with van der Waals surface area (Å²) >= 11 is 0. The van der Waals surface area contributed by atoms with Crippen molar-refractivity contribution in [1.29, 1.82) is 0 Å². The van der Waals surface area contributed by atoms with E-state index in [0.29, 0.717) is 0 Å². The summed E-state index contributed by atoms with van der Waals surface area (Å²) in [6.07, 6.45) is 8.83. The van der Waals surface area contributed by atoms with E-state index in [9.17, 15) is 0 Å². The highest BCUT2D eigenvalue weighted by Gasteiger charge is 2.05.